The highest BCUT2D eigenvalue weighted by atomic mass is 16.5. The summed E-state index contributed by atoms with van der Waals surface area (Å²) in [6.45, 7) is 12.8. The maximum Gasteiger partial charge on any atom is 0.222 e. The van der Waals surface area contributed by atoms with Gasteiger partial charge in [-0.15, -0.1) is 0 Å². The summed E-state index contributed by atoms with van der Waals surface area (Å²) in [6, 6.07) is 6.36. The van der Waals surface area contributed by atoms with E-state index in [4.69, 9.17) is 15.6 Å². The summed E-state index contributed by atoms with van der Waals surface area (Å²) in [4.78, 5) is 13.5. The van der Waals surface area contributed by atoms with Gasteiger partial charge < -0.3 is 20.5 Å². The summed E-state index contributed by atoms with van der Waals surface area (Å²) in [5, 5.41) is 14.7. The maximum absolute atomic E-state index is 9.83. The summed E-state index contributed by atoms with van der Waals surface area (Å²) < 4.78 is 7.62. The standard InChI is InChI=1S/C26H39N7O2.C2H6/c1-4-5-13-33(19(2)18-34)25-24-22(28-26(27)29-25)17-32(30-24)16-21-10-9-20(14-23(21)35-3)15-31-11-7-6-8-12-31;1-2/h9-10,14,17,19,34H,4-8,11-13,15-16,18H2,1-3H3,(H2,27,28);1-2H3. The molecule has 3 heterocycles. The predicted octanol–water partition coefficient (Wildman–Crippen LogP) is 4.46. The highest BCUT2D eigenvalue weighted by Crippen LogP contribution is 2.27. The van der Waals surface area contributed by atoms with Gasteiger partial charge in [0.05, 0.1) is 32.5 Å². The average Bonchev–Trinajstić information content (AvgIpc) is 3.33. The number of ether oxygens (including phenoxy) is 1. The fourth-order valence-corrected chi connectivity index (χ4v) is 4.77. The van der Waals surface area contributed by atoms with Crippen LogP contribution in [-0.4, -0.2) is 69.1 Å². The Labute approximate surface area is 221 Å². The Balaban J connectivity index is 0.00000186. The van der Waals surface area contributed by atoms with Crippen LogP contribution in [0, 0.1) is 0 Å². The van der Waals surface area contributed by atoms with Crippen LogP contribution in [0.2, 0.25) is 0 Å². The van der Waals surface area contributed by atoms with Crippen molar-refractivity contribution in [1.29, 1.82) is 0 Å². The first kappa shape index (κ1) is 28.7. The van der Waals surface area contributed by atoms with Crippen molar-refractivity contribution in [2.75, 3.05) is 44.0 Å². The Morgan fingerprint density at radius 3 is 2.57 bits per heavy atom. The molecule has 4 rings (SSSR count). The number of nitrogen functional groups attached to an aromatic ring is 1. The van der Waals surface area contributed by atoms with Crippen molar-refractivity contribution in [3.8, 4) is 5.75 Å². The fourth-order valence-electron chi connectivity index (χ4n) is 4.77. The van der Waals surface area contributed by atoms with Gasteiger partial charge in [-0.2, -0.15) is 10.1 Å². The number of nitrogens with two attached hydrogens (primary N) is 1. The number of fused-ring (bicyclic) bond motifs is 1. The molecule has 1 aliphatic heterocycles. The fraction of sp³-hybridized carbons (Fsp3) is 0.607. The lowest BCUT2D eigenvalue weighted by Crippen LogP contribution is -2.37. The van der Waals surface area contributed by atoms with Gasteiger partial charge in [0.2, 0.25) is 5.95 Å². The lowest BCUT2D eigenvalue weighted by Gasteiger charge is -2.29. The highest BCUT2D eigenvalue weighted by molar-refractivity contribution is 5.86. The van der Waals surface area contributed by atoms with Gasteiger partial charge >= 0.3 is 0 Å². The molecule has 2 aromatic heterocycles. The molecule has 9 heteroatoms. The molecule has 0 amide bonds. The summed E-state index contributed by atoms with van der Waals surface area (Å²) in [5.41, 5.74) is 9.77. The molecule has 1 aliphatic rings. The zero-order valence-corrected chi connectivity index (χ0v) is 23.3. The Kier molecular flexibility index (Phi) is 11.0. The number of methoxy groups -OCH3 is 1. The van der Waals surface area contributed by atoms with Gasteiger partial charge in [0.15, 0.2) is 11.3 Å². The van der Waals surface area contributed by atoms with Gasteiger partial charge in [0.25, 0.3) is 0 Å². The van der Waals surface area contributed by atoms with Gasteiger partial charge in [0, 0.05) is 18.7 Å². The number of rotatable bonds is 11. The van der Waals surface area contributed by atoms with Crippen LogP contribution < -0.4 is 15.4 Å². The number of aromatic nitrogens is 4. The van der Waals surface area contributed by atoms with Crippen LogP contribution in [0.25, 0.3) is 11.0 Å². The zero-order chi connectivity index (χ0) is 26.8. The molecule has 1 atom stereocenters. The quantitative estimate of drug-likeness (QED) is 0.389. The number of hydrogen-bond acceptors (Lipinski definition) is 8. The van der Waals surface area contributed by atoms with Crippen molar-refractivity contribution < 1.29 is 9.84 Å². The van der Waals surface area contributed by atoms with Crippen LogP contribution in [-0.2, 0) is 13.1 Å². The second-order valence-corrected chi connectivity index (χ2v) is 9.53. The second-order valence-electron chi connectivity index (χ2n) is 9.53. The molecule has 0 radical (unpaired) electrons. The van der Waals surface area contributed by atoms with Crippen molar-refractivity contribution >= 4 is 22.8 Å². The van der Waals surface area contributed by atoms with Crippen LogP contribution in [0.4, 0.5) is 11.8 Å². The number of hydrogen-bond donors (Lipinski definition) is 2. The van der Waals surface area contributed by atoms with Gasteiger partial charge in [-0.05, 0) is 50.9 Å². The number of piperidine rings is 1. The summed E-state index contributed by atoms with van der Waals surface area (Å²) in [5.74, 6) is 1.74. The van der Waals surface area contributed by atoms with Crippen LogP contribution in [0.15, 0.2) is 24.4 Å². The normalized spacial score (nSPS) is 14.8. The molecule has 3 aromatic rings. The van der Waals surface area contributed by atoms with Crippen molar-refractivity contribution in [2.24, 2.45) is 0 Å². The molecule has 1 fully saturated rings. The minimum atomic E-state index is -0.100. The Morgan fingerprint density at radius 1 is 1.14 bits per heavy atom. The zero-order valence-electron chi connectivity index (χ0n) is 23.3. The molecular formula is C28H45N7O2. The molecule has 204 valence electrons. The molecular weight excluding hydrogens is 466 g/mol. The molecule has 37 heavy (non-hydrogen) atoms. The van der Waals surface area contributed by atoms with Gasteiger partial charge in [-0.3, -0.25) is 9.58 Å². The van der Waals surface area contributed by atoms with E-state index in [2.05, 4.69) is 44.9 Å². The smallest absolute Gasteiger partial charge is 0.222 e. The molecule has 0 saturated carbocycles. The van der Waals surface area contributed by atoms with E-state index < -0.39 is 0 Å². The van der Waals surface area contributed by atoms with Crippen molar-refractivity contribution in [2.45, 2.75) is 78.9 Å². The van der Waals surface area contributed by atoms with E-state index in [1.165, 1.54) is 37.9 Å². The molecule has 0 aliphatic carbocycles. The molecule has 1 saturated heterocycles. The lowest BCUT2D eigenvalue weighted by molar-refractivity contribution is 0.220. The Bertz CT molecular complexity index is 1110. The van der Waals surface area contributed by atoms with E-state index in [9.17, 15) is 5.11 Å². The summed E-state index contributed by atoms with van der Waals surface area (Å²) in [6.07, 6.45) is 7.83. The van der Waals surface area contributed by atoms with Gasteiger partial charge in [0.1, 0.15) is 11.3 Å². The van der Waals surface area contributed by atoms with Gasteiger partial charge in [-0.1, -0.05) is 45.7 Å². The first-order chi connectivity index (χ1) is 18.0. The van der Waals surface area contributed by atoms with Crippen molar-refractivity contribution in [3.63, 3.8) is 0 Å². The minimum Gasteiger partial charge on any atom is -0.496 e. The van der Waals surface area contributed by atoms with Crippen molar-refractivity contribution in [3.05, 3.63) is 35.5 Å². The van der Waals surface area contributed by atoms with E-state index in [1.807, 2.05) is 31.6 Å². The predicted molar refractivity (Wildman–Crippen MR) is 151 cm³/mol. The second kappa shape index (κ2) is 14.1. The molecule has 9 nitrogen and oxygen atoms in total. The summed E-state index contributed by atoms with van der Waals surface area (Å²) in [7, 11) is 1.72. The number of aliphatic hydroxyl groups excluding tert-OH is 1. The van der Waals surface area contributed by atoms with Crippen LogP contribution in [0.3, 0.4) is 0 Å². The number of aliphatic hydroxyl groups is 1. The highest BCUT2D eigenvalue weighted by Gasteiger charge is 2.21. The van der Waals surface area contributed by atoms with Crippen LogP contribution >= 0.6 is 0 Å². The average molecular weight is 512 g/mol. The topological polar surface area (TPSA) is 106 Å². The van der Waals surface area contributed by atoms with E-state index in [0.717, 1.165) is 37.2 Å². The summed E-state index contributed by atoms with van der Waals surface area (Å²) >= 11 is 0. The molecule has 0 spiro atoms. The Morgan fingerprint density at radius 2 is 1.89 bits per heavy atom. The number of nitrogens with zero attached hydrogens (tertiary/aromatic N) is 6. The van der Waals surface area contributed by atoms with E-state index in [1.54, 1.807) is 7.11 Å². The third-order valence-corrected chi connectivity index (χ3v) is 6.77. The molecule has 1 unspecified atom stereocenters. The number of likely N-dealkylation sites (tertiary alicyclic amines) is 1. The van der Waals surface area contributed by atoms with Crippen LogP contribution in [0.1, 0.15) is 70.9 Å². The van der Waals surface area contributed by atoms with E-state index in [-0.39, 0.29) is 18.6 Å². The monoisotopic (exact) mass is 511 g/mol. The first-order valence-electron chi connectivity index (χ1n) is 13.8. The maximum atomic E-state index is 9.83. The van der Waals surface area contributed by atoms with Gasteiger partial charge in [-0.25, -0.2) is 4.98 Å². The molecule has 1 aromatic carbocycles. The van der Waals surface area contributed by atoms with E-state index in [0.29, 0.717) is 23.4 Å². The van der Waals surface area contributed by atoms with Crippen LogP contribution in [0.5, 0.6) is 5.75 Å². The lowest BCUT2D eigenvalue weighted by atomic mass is 10.1. The third kappa shape index (κ3) is 7.32. The minimum absolute atomic E-state index is 0.0246. The van der Waals surface area contributed by atoms with E-state index >= 15 is 0 Å². The Hall–Kier alpha value is -2.91. The number of unbranched alkanes of at least 4 members (excludes halogenated alkanes) is 1. The molecule has 3 N–H and O–H groups in total. The largest absolute Gasteiger partial charge is 0.496 e. The third-order valence-electron chi connectivity index (χ3n) is 6.77. The first-order valence-corrected chi connectivity index (χ1v) is 13.8. The number of benzene rings is 1. The number of anilines is 2. The molecule has 0 bridgehead atoms. The van der Waals surface area contributed by atoms with Crippen molar-refractivity contribution in [1.82, 2.24) is 24.6 Å². The SMILES string of the molecule is CC.CCCCN(c1nc(N)nc2cn(Cc3ccc(CN4CCCCC4)cc3OC)nc12)C(C)CO.